The van der Waals surface area contributed by atoms with Crippen molar-refractivity contribution in [3.63, 3.8) is 0 Å². The molecular weight excluding hydrogens is 393 g/mol. The topological polar surface area (TPSA) is 72.4 Å². The molecule has 0 aromatic heterocycles. The molecule has 2 unspecified atom stereocenters. The Morgan fingerprint density at radius 1 is 1.19 bits per heavy atom. The predicted molar refractivity (Wildman–Crippen MR) is 108 cm³/mol. The van der Waals surface area contributed by atoms with Gasteiger partial charge in [0.05, 0.1) is 12.5 Å². The van der Waals surface area contributed by atoms with Crippen molar-refractivity contribution in [3.05, 3.63) is 58.1 Å². The summed E-state index contributed by atoms with van der Waals surface area (Å²) in [6.07, 6.45) is -0.193. The van der Waals surface area contributed by atoms with E-state index in [1.165, 1.54) is 0 Å². The summed E-state index contributed by atoms with van der Waals surface area (Å²) in [5, 5.41) is 10.3. The minimum atomic E-state index is -1.41. The molecule has 0 spiro atoms. The summed E-state index contributed by atoms with van der Waals surface area (Å²) in [7, 11) is 0. The van der Waals surface area contributed by atoms with E-state index in [0.29, 0.717) is 21.2 Å². The molecule has 0 saturated carbocycles. The fourth-order valence-electron chi connectivity index (χ4n) is 2.39. The van der Waals surface area contributed by atoms with Gasteiger partial charge in [-0.1, -0.05) is 47.5 Å². The summed E-state index contributed by atoms with van der Waals surface area (Å²) in [5.41, 5.74) is 2.17. The maximum atomic E-state index is 12.5. The van der Waals surface area contributed by atoms with Gasteiger partial charge in [-0.05, 0) is 50.1 Å². The van der Waals surface area contributed by atoms with Gasteiger partial charge in [-0.2, -0.15) is 0 Å². The van der Waals surface area contributed by atoms with Gasteiger partial charge < -0.3 is 9.66 Å². The lowest BCUT2D eigenvalue weighted by atomic mass is 9.98. The zero-order valence-electron chi connectivity index (χ0n) is 14.8. The summed E-state index contributed by atoms with van der Waals surface area (Å²) >= 11 is 11.2. The van der Waals surface area contributed by atoms with Gasteiger partial charge in [-0.15, -0.1) is 4.72 Å². The number of carboxylic acids is 1. The van der Waals surface area contributed by atoms with Crippen molar-refractivity contribution in [1.82, 2.24) is 4.72 Å². The molecule has 0 aliphatic heterocycles. The van der Waals surface area contributed by atoms with Crippen molar-refractivity contribution in [1.29, 1.82) is 0 Å². The van der Waals surface area contributed by atoms with Crippen LogP contribution in [0.15, 0.2) is 42.5 Å². The Balaban J connectivity index is 2.42. The lowest BCUT2D eigenvalue weighted by Crippen LogP contribution is -2.41. The molecule has 2 aromatic rings. The molecule has 0 amide bonds. The summed E-state index contributed by atoms with van der Waals surface area (Å²) < 4.78 is 14.9. The molecule has 140 valence electrons. The van der Waals surface area contributed by atoms with Gasteiger partial charge >= 0.3 is 5.97 Å². The average molecular weight is 414 g/mol. The molecule has 2 rings (SSSR count). The Labute approximate surface area is 166 Å². The standard InChI is InChI=1S/C19H21Cl2NO3S/c1-19(2,3)26(25)22-16(11-17(23)24)12-6-4-7-13(10-12)18-14(20)8-5-9-15(18)21/h4-10,16,22H,11H2,1-3H3,(H,23,24). The van der Waals surface area contributed by atoms with E-state index in [1.54, 1.807) is 30.3 Å². The monoisotopic (exact) mass is 413 g/mol. The van der Waals surface area contributed by atoms with Crippen LogP contribution in [0.2, 0.25) is 10.0 Å². The number of aliphatic carboxylic acids is 1. The van der Waals surface area contributed by atoms with E-state index in [9.17, 15) is 14.5 Å². The summed E-state index contributed by atoms with van der Waals surface area (Å²) in [6.45, 7) is 5.48. The van der Waals surface area contributed by atoms with E-state index in [4.69, 9.17) is 23.2 Å². The van der Waals surface area contributed by atoms with Crippen molar-refractivity contribution >= 4 is 40.5 Å². The second-order valence-electron chi connectivity index (χ2n) is 6.87. The van der Waals surface area contributed by atoms with Gasteiger partial charge in [-0.25, -0.2) is 0 Å². The van der Waals surface area contributed by atoms with E-state index in [0.717, 1.165) is 5.56 Å². The van der Waals surface area contributed by atoms with Gasteiger partial charge in [0.2, 0.25) is 0 Å². The second-order valence-corrected chi connectivity index (χ2v) is 9.68. The van der Waals surface area contributed by atoms with E-state index in [1.807, 2.05) is 32.9 Å². The van der Waals surface area contributed by atoms with Crippen LogP contribution >= 0.6 is 23.2 Å². The highest BCUT2D eigenvalue weighted by atomic mass is 35.5. The van der Waals surface area contributed by atoms with Gasteiger partial charge in [-0.3, -0.25) is 4.79 Å². The Morgan fingerprint density at radius 2 is 1.77 bits per heavy atom. The van der Waals surface area contributed by atoms with E-state index in [-0.39, 0.29) is 6.42 Å². The first-order chi connectivity index (χ1) is 12.1. The number of nitrogens with one attached hydrogen (secondary N) is 1. The van der Waals surface area contributed by atoms with Gasteiger partial charge in [0.25, 0.3) is 0 Å². The van der Waals surface area contributed by atoms with Crippen LogP contribution < -0.4 is 4.72 Å². The van der Waals surface area contributed by atoms with Crippen molar-refractivity contribution in [2.24, 2.45) is 0 Å². The molecule has 2 atom stereocenters. The number of hydrogen-bond acceptors (Lipinski definition) is 3. The Hall–Kier alpha value is -1.24. The molecule has 26 heavy (non-hydrogen) atoms. The fraction of sp³-hybridized carbons (Fsp3) is 0.316. The highest BCUT2D eigenvalue weighted by Gasteiger charge is 2.31. The van der Waals surface area contributed by atoms with Gasteiger partial charge in [0.1, 0.15) is 4.75 Å². The molecule has 0 heterocycles. The maximum Gasteiger partial charge on any atom is 0.305 e. The first-order valence-corrected chi connectivity index (χ1v) is 9.94. The first-order valence-electron chi connectivity index (χ1n) is 8.04. The average Bonchev–Trinajstić information content (AvgIpc) is 2.53. The predicted octanol–water partition coefficient (Wildman–Crippen LogP) is 5.23. The van der Waals surface area contributed by atoms with Gasteiger partial charge in [0.15, 0.2) is 0 Å². The highest BCUT2D eigenvalue weighted by molar-refractivity contribution is 7.90. The van der Waals surface area contributed by atoms with E-state index < -0.39 is 28.1 Å². The normalized spacial score (nSPS) is 14.1. The van der Waals surface area contributed by atoms with Crippen LogP contribution in [0.1, 0.15) is 38.8 Å². The van der Waals surface area contributed by atoms with Gasteiger partial charge in [0, 0.05) is 27.0 Å². The molecule has 0 saturated heterocycles. The number of halogens is 2. The van der Waals surface area contributed by atoms with Crippen molar-refractivity contribution < 1.29 is 14.5 Å². The summed E-state index contributed by atoms with van der Waals surface area (Å²) in [5.74, 6) is -0.977. The maximum absolute atomic E-state index is 12.5. The third-order valence-corrected chi connectivity index (χ3v) is 5.97. The summed E-state index contributed by atoms with van der Waals surface area (Å²) in [4.78, 5) is 11.3. The van der Waals surface area contributed by atoms with Crippen LogP contribution in [-0.2, 0) is 16.2 Å². The minimum absolute atomic E-state index is 0.193. The fourth-order valence-corrected chi connectivity index (χ4v) is 3.84. The second kappa shape index (κ2) is 8.63. The van der Waals surface area contributed by atoms with Crippen LogP contribution in [0.25, 0.3) is 11.1 Å². The van der Waals surface area contributed by atoms with Crippen LogP contribution in [0, 0.1) is 0 Å². The van der Waals surface area contributed by atoms with Crippen molar-refractivity contribution in [2.45, 2.75) is 38.0 Å². The number of carbonyl (C=O) groups is 1. The molecule has 0 fully saturated rings. The lowest BCUT2D eigenvalue weighted by molar-refractivity contribution is -0.137. The van der Waals surface area contributed by atoms with E-state index in [2.05, 4.69) is 4.72 Å². The Bertz CT molecular complexity index is 772. The molecule has 0 bridgehead atoms. The van der Waals surface area contributed by atoms with Crippen molar-refractivity contribution in [3.8, 4) is 11.1 Å². The van der Waals surface area contributed by atoms with Crippen LogP contribution in [-0.4, -0.2) is 20.4 Å². The zero-order valence-corrected chi connectivity index (χ0v) is 17.1. The van der Waals surface area contributed by atoms with Crippen molar-refractivity contribution in [2.75, 3.05) is 0 Å². The SMILES string of the molecule is CC(C)(C)[S+]([O-])NC(CC(=O)O)c1cccc(-c2c(Cl)cccc2Cl)c1. The molecule has 4 nitrogen and oxygen atoms in total. The largest absolute Gasteiger partial charge is 0.598 e. The molecule has 2 aromatic carbocycles. The summed E-state index contributed by atoms with van der Waals surface area (Å²) in [6, 6.07) is 11.9. The third-order valence-electron chi connectivity index (χ3n) is 3.72. The lowest BCUT2D eigenvalue weighted by Gasteiger charge is -2.27. The Kier molecular flexibility index (Phi) is 6.99. The zero-order chi connectivity index (χ0) is 19.5. The van der Waals surface area contributed by atoms with E-state index >= 15 is 0 Å². The quantitative estimate of drug-likeness (QED) is 0.635. The molecular formula is C19H21Cl2NO3S. The number of benzene rings is 2. The highest BCUT2D eigenvalue weighted by Crippen LogP contribution is 2.36. The van der Waals surface area contributed by atoms with Crippen LogP contribution in [0.5, 0.6) is 0 Å². The number of hydrogen-bond donors (Lipinski definition) is 2. The molecule has 2 N–H and O–H groups in total. The minimum Gasteiger partial charge on any atom is -0.598 e. The number of carboxylic acid groups (broad SMARTS) is 1. The number of rotatable bonds is 6. The molecule has 7 heteroatoms. The Morgan fingerprint density at radius 3 is 2.31 bits per heavy atom. The van der Waals surface area contributed by atoms with Crippen LogP contribution in [0.4, 0.5) is 0 Å². The van der Waals surface area contributed by atoms with Crippen LogP contribution in [0.3, 0.4) is 0 Å². The molecule has 0 aliphatic rings. The molecule has 0 aliphatic carbocycles. The third kappa shape index (κ3) is 5.38. The smallest absolute Gasteiger partial charge is 0.305 e. The molecule has 0 radical (unpaired) electrons. The first kappa shape index (κ1) is 21.1.